The molecule has 2 N–H and O–H groups in total. The van der Waals surface area contributed by atoms with E-state index in [0.29, 0.717) is 17.3 Å². The van der Waals surface area contributed by atoms with Crippen molar-refractivity contribution >= 4 is 35.1 Å². The fourth-order valence-electron chi connectivity index (χ4n) is 2.81. The number of hydrogen-bond acceptors (Lipinski definition) is 4. The van der Waals surface area contributed by atoms with Crippen molar-refractivity contribution in [3.05, 3.63) is 28.2 Å². The SMILES string of the molecule is CCN(CC(=O)O)C1CC(NC(=O)C(C)Oc2cccc(Cl)c2Cl)C1. The van der Waals surface area contributed by atoms with Crippen LogP contribution in [0.3, 0.4) is 0 Å². The molecule has 0 bridgehead atoms. The number of nitrogens with one attached hydrogen (secondary N) is 1. The monoisotopic (exact) mass is 388 g/mol. The lowest BCUT2D eigenvalue weighted by atomic mass is 9.85. The second-order valence-corrected chi connectivity index (χ2v) is 6.88. The molecule has 1 aromatic rings. The number of carbonyl (C=O) groups is 2. The molecule has 138 valence electrons. The third kappa shape index (κ3) is 5.23. The summed E-state index contributed by atoms with van der Waals surface area (Å²) in [6.07, 6.45) is 0.756. The molecule has 2 rings (SSSR count). The number of likely N-dealkylation sites (N-methyl/N-ethyl adjacent to an activating group) is 1. The van der Waals surface area contributed by atoms with Gasteiger partial charge in [-0.05, 0) is 38.4 Å². The van der Waals surface area contributed by atoms with Gasteiger partial charge in [-0.1, -0.05) is 36.2 Å². The van der Waals surface area contributed by atoms with E-state index in [1.807, 2.05) is 11.8 Å². The minimum absolute atomic E-state index is 0.0224. The van der Waals surface area contributed by atoms with Crippen molar-refractivity contribution < 1.29 is 19.4 Å². The maximum absolute atomic E-state index is 12.3. The van der Waals surface area contributed by atoms with Crippen LogP contribution in [0.1, 0.15) is 26.7 Å². The number of nitrogens with zero attached hydrogens (tertiary/aromatic N) is 1. The van der Waals surface area contributed by atoms with Crippen LogP contribution < -0.4 is 10.1 Å². The van der Waals surface area contributed by atoms with Crippen LogP contribution in [0.25, 0.3) is 0 Å². The van der Waals surface area contributed by atoms with Crippen molar-refractivity contribution in [2.45, 2.75) is 44.9 Å². The molecule has 1 atom stereocenters. The molecule has 1 fully saturated rings. The number of carbonyl (C=O) groups excluding carboxylic acids is 1. The average molecular weight is 389 g/mol. The summed E-state index contributed by atoms with van der Waals surface area (Å²) in [5.41, 5.74) is 0. The molecule has 25 heavy (non-hydrogen) atoms. The Morgan fingerprint density at radius 3 is 2.68 bits per heavy atom. The van der Waals surface area contributed by atoms with Gasteiger partial charge in [-0.2, -0.15) is 0 Å². The van der Waals surface area contributed by atoms with Gasteiger partial charge >= 0.3 is 5.97 Å². The average Bonchev–Trinajstić information content (AvgIpc) is 2.52. The first-order valence-electron chi connectivity index (χ1n) is 8.18. The van der Waals surface area contributed by atoms with Crippen molar-refractivity contribution in [2.24, 2.45) is 0 Å². The lowest BCUT2D eigenvalue weighted by molar-refractivity contribution is -0.140. The molecule has 1 amide bonds. The summed E-state index contributed by atoms with van der Waals surface area (Å²) in [6, 6.07) is 5.22. The first-order valence-corrected chi connectivity index (χ1v) is 8.94. The van der Waals surface area contributed by atoms with Crippen LogP contribution in [0.2, 0.25) is 10.0 Å². The summed E-state index contributed by atoms with van der Waals surface area (Å²) in [5, 5.41) is 12.5. The van der Waals surface area contributed by atoms with E-state index in [2.05, 4.69) is 5.32 Å². The molecule has 1 saturated carbocycles. The highest BCUT2D eigenvalue weighted by atomic mass is 35.5. The fourth-order valence-corrected chi connectivity index (χ4v) is 3.15. The highest BCUT2D eigenvalue weighted by Gasteiger charge is 2.35. The minimum atomic E-state index is -0.838. The summed E-state index contributed by atoms with van der Waals surface area (Å²) in [6.45, 7) is 4.27. The highest BCUT2D eigenvalue weighted by Crippen LogP contribution is 2.32. The quantitative estimate of drug-likeness (QED) is 0.715. The van der Waals surface area contributed by atoms with E-state index >= 15 is 0 Å². The minimum Gasteiger partial charge on any atom is -0.480 e. The Balaban J connectivity index is 1.81. The van der Waals surface area contributed by atoms with Crippen LogP contribution in [0, 0.1) is 0 Å². The molecule has 1 aliphatic carbocycles. The summed E-state index contributed by atoms with van der Waals surface area (Å²) in [7, 11) is 0. The Hall–Kier alpha value is -1.50. The zero-order valence-electron chi connectivity index (χ0n) is 14.2. The number of amides is 1. The molecule has 1 aromatic carbocycles. The summed E-state index contributed by atoms with van der Waals surface area (Å²) >= 11 is 12.0. The number of carboxylic acids is 1. The predicted octanol–water partition coefficient (Wildman–Crippen LogP) is 2.81. The summed E-state index contributed by atoms with van der Waals surface area (Å²) in [5.74, 6) is -0.711. The van der Waals surface area contributed by atoms with Gasteiger partial charge < -0.3 is 15.2 Å². The van der Waals surface area contributed by atoms with Crippen LogP contribution in [0.5, 0.6) is 5.75 Å². The van der Waals surface area contributed by atoms with E-state index in [-0.39, 0.29) is 29.6 Å². The van der Waals surface area contributed by atoms with E-state index in [4.69, 9.17) is 33.0 Å². The molecular formula is C17H22Cl2N2O4. The van der Waals surface area contributed by atoms with Crippen LogP contribution in [-0.4, -0.2) is 53.2 Å². The van der Waals surface area contributed by atoms with E-state index in [1.165, 1.54) is 0 Å². The number of carboxylic acid groups (broad SMARTS) is 1. The van der Waals surface area contributed by atoms with Gasteiger partial charge in [0.05, 0.1) is 11.6 Å². The molecule has 8 heteroatoms. The molecule has 0 aliphatic heterocycles. The molecule has 0 heterocycles. The van der Waals surface area contributed by atoms with Gasteiger partial charge in [0.25, 0.3) is 5.91 Å². The fraction of sp³-hybridized carbons (Fsp3) is 0.529. The van der Waals surface area contributed by atoms with Crippen molar-refractivity contribution in [3.63, 3.8) is 0 Å². The van der Waals surface area contributed by atoms with Crippen LogP contribution in [-0.2, 0) is 9.59 Å². The molecule has 0 radical (unpaired) electrons. The standard InChI is InChI=1S/C17H22Cl2N2O4/c1-3-21(9-15(22)23)12-7-11(8-12)20-17(24)10(2)25-14-6-4-5-13(18)16(14)19/h4-6,10-12H,3,7-9H2,1-2H3,(H,20,24)(H,22,23). The number of hydrogen-bond donors (Lipinski definition) is 2. The van der Waals surface area contributed by atoms with E-state index in [1.54, 1.807) is 25.1 Å². The van der Waals surface area contributed by atoms with Crippen molar-refractivity contribution in [1.29, 1.82) is 0 Å². The van der Waals surface area contributed by atoms with Crippen molar-refractivity contribution in [1.82, 2.24) is 10.2 Å². The summed E-state index contributed by atoms with van der Waals surface area (Å²) < 4.78 is 5.59. The maximum Gasteiger partial charge on any atom is 0.317 e. The molecule has 0 aromatic heterocycles. The zero-order chi connectivity index (χ0) is 18.6. The number of aliphatic carboxylic acids is 1. The number of rotatable bonds is 8. The van der Waals surface area contributed by atoms with Crippen LogP contribution >= 0.6 is 23.2 Å². The molecule has 1 unspecified atom stereocenters. The van der Waals surface area contributed by atoms with Gasteiger partial charge in [0.2, 0.25) is 0 Å². The molecule has 0 saturated heterocycles. The van der Waals surface area contributed by atoms with Gasteiger partial charge in [0.15, 0.2) is 6.10 Å². The Labute approximate surface area is 157 Å². The molecule has 1 aliphatic rings. The largest absolute Gasteiger partial charge is 0.480 e. The third-order valence-electron chi connectivity index (χ3n) is 4.31. The smallest absolute Gasteiger partial charge is 0.317 e. The lowest BCUT2D eigenvalue weighted by Crippen LogP contribution is -2.56. The van der Waals surface area contributed by atoms with Gasteiger partial charge in [-0.3, -0.25) is 14.5 Å². The van der Waals surface area contributed by atoms with Gasteiger partial charge in [-0.25, -0.2) is 0 Å². The van der Waals surface area contributed by atoms with E-state index < -0.39 is 12.1 Å². The Morgan fingerprint density at radius 2 is 2.08 bits per heavy atom. The molecule has 0 spiro atoms. The predicted molar refractivity (Wildman–Crippen MR) is 96.4 cm³/mol. The second-order valence-electron chi connectivity index (χ2n) is 6.10. The normalized spacial score (nSPS) is 20.7. The van der Waals surface area contributed by atoms with Crippen molar-refractivity contribution in [3.8, 4) is 5.75 Å². The molecule has 6 nitrogen and oxygen atoms in total. The second kappa shape index (κ2) is 8.74. The summed E-state index contributed by atoms with van der Waals surface area (Å²) in [4.78, 5) is 25.0. The van der Waals surface area contributed by atoms with E-state index in [9.17, 15) is 9.59 Å². The topological polar surface area (TPSA) is 78.9 Å². The van der Waals surface area contributed by atoms with Crippen LogP contribution in [0.4, 0.5) is 0 Å². The Morgan fingerprint density at radius 1 is 1.40 bits per heavy atom. The van der Waals surface area contributed by atoms with Gasteiger partial charge in [-0.15, -0.1) is 0 Å². The van der Waals surface area contributed by atoms with Crippen LogP contribution in [0.15, 0.2) is 18.2 Å². The number of ether oxygens (including phenoxy) is 1. The highest BCUT2D eigenvalue weighted by molar-refractivity contribution is 6.42. The number of benzene rings is 1. The van der Waals surface area contributed by atoms with E-state index in [0.717, 1.165) is 12.8 Å². The van der Waals surface area contributed by atoms with Crippen molar-refractivity contribution in [2.75, 3.05) is 13.1 Å². The Bertz CT molecular complexity index is 635. The number of halogens is 2. The maximum atomic E-state index is 12.3. The Kier molecular flexibility index (Phi) is 6.93. The zero-order valence-corrected chi connectivity index (χ0v) is 15.7. The first kappa shape index (κ1) is 19.8. The first-order chi connectivity index (χ1) is 11.8. The molecular weight excluding hydrogens is 367 g/mol. The van der Waals surface area contributed by atoms with Gasteiger partial charge in [0.1, 0.15) is 10.8 Å². The third-order valence-corrected chi connectivity index (χ3v) is 5.11. The van der Waals surface area contributed by atoms with Gasteiger partial charge in [0, 0.05) is 12.1 Å². The lowest BCUT2D eigenvalue weighted by Gasteiger charge is -2.42.